The molecule has 126 valence electrons. The Morgan fingerprint density at radius 3 is 2.61 bits per heavy atom. The van der Waals surface area contributed by atoms with Crippen molar-refractivity contribution in [3.63, 3.8) is 0 Å². The van der Waals surface area contributed by atoms with Crippen molar-refractivity contribution in [2.75, 3.05) is 7.11 Å². The van der Waals surface area contributed by atoms with Gasteiger partial charge in [0.2, 0.25) is 0 Å². The maximum Gasteiger partial charge on any atom is 0.417 e. The fourth-order valence-electron chi connectivity index (χ4n) is 3.02. The number of hydrogen-bond acceptors (Lipinski definition) is 3. The number of ketones is 1. The minimum atomic E-state index is -4.61. The molecule has 1 aromatic carbocycles. The number of alkyl halides is 3. The number of ether oxygens (including phenoxy) is 1. The smallest absolute Gasteiger partial charge is 0.417 e. The molecule has 0 aromatic heterocycles. The molecule has 0 spiro atoms. The number of carbonyl (C=O) groups is 2. The van der Waals surface area contributed by atoms with Crippen molar-refractivity contribution < 1.29 is 27.5 Å². The first-order chi connectivity index (χ1) is 10.6. The summed E-state index contributed by atoms with van der Waals surface area (Å²) in [5, 5.41) is -0.419. The third kappa shape index (κ3) is 3.37. The molecular formula is C16H16ClF3O3. The molecular weight excluding hydrogens is 333 g/mol. The zero-order valence-corrected chi connectivity index (χ0v) is 13.4. The van der Waals surface area contributed by atoms with Gasteiger partial charge in [0.1, 0.15) is 5.78 Å². The highest BCUT2D eigenvalue weighted by Crippen LogP contribution is 2.43. The highest BCUT2D eigenvalue weighted by atomic mass is 35.5. The molecule has 0 bridgehead atoms. The Balaban J connectivity index is 2.45. The molecule has 0 saturated heterocycles. The van der Waals surface area contributed by atoms with E-state index in [9.17, 15) is 22.8 Å². The predicted molar refractivity (Wildman–Crippen MR) is 78.2 cm³/mol. The SMILES string of the molecule is COC(=O)C1CCC(=O)C(C)(c2ccc(Cl)c(C(F)(F)F)c2)C1. The number of esters is 1. The molecule has 2 rings (SSSR count). The second-order valence-corrected chi connectivity index (χ2v) is 6.32. The van der Waals surface area contributed by atoms with Crippen molar-refractivity contribution >= 4 is 23.4 Å². The Labute approximate surface area is 136 Å². The Morgan fingerprint density at radius 2 is 2.04 bits per heavy atom. The molecule has 1 aliphatic rings. The number of methoxy groups -OCH3 is 1. The molecule has 1 saturated carbocycles. The van der Waals surface area contributed by atoms with Crippen LogP contribution in [0.3, 0.4) is 0 Å². The normalized spacial score (nSPS) is 25.3. The Kier molecular flexibility index (Phi) is 4.76. The van der Waals surface area contributed by atoms with Crippen LogP contribution in [0.25, 0.3) is 0 Å². The monoisotopic (exact) mass is 348 g/mol. The van der Waals surface area contributed by atoms with E-state index in [0.29, 0.717) is 6.42 Å². The maximum atomic E-state index is 13.0. The van der Waals surface area contributed by atoms with Gasteiger partial charge in [-0.3, -0.25) is 9.59 Å². The molecule has 1 aliphatic carbocycles. The Hall–Kier alpha value is -1.56. The lowest BCUT2D eigenvalue weighted by Gasteiger charge is -2.36. The summed E-state index contributed by atoms with van der Waals surface area (Å²) in [5.41, 5.74) is -1.93. The lowest BCUT2D eigenvalue weighted by molar-refractivity contribution is -0.148. The van der Waals surface area contributed by atoms with Gasteiger partial charge >= 0.3 is 12.1 Å². The van der Waals surface area contributed by atoms with E-state index < -0.39 is 34.1 Å². The minimum absolute atomic E-state index is 0.122. The average molecular weight is 349 g/mol. The lowest BCUT2D eigenvalue weighted by atomic mass is 9.66. The summed E-state index contributed by atoms with van der Waals surface area (Å²) in [6, 6.07) is 3.45. The Morgan fingerprint density at radius 1 is 1.39 bits per heavy atom. The van der Waals surface area contributed by atoms with Gasteiger partial charge in [-0.2, -0.15) is 13.2 Å². The number of rotatable bonds is 2. The molecule has 1 fully saturated rings. The quantitative estimate of drug-likeness (QED) is 0.754. The van der Waals surface area contributed by atoms with Crippen LogP contribution < -0.4 is 0 Å². The molecule has 3 nitrogen and oxygen atoms in total. The summed E-state index contributed by atoms with van der Waals surface area (Å²) in [6.45, 7) is 1.56. The van der Waals surface area contributed by atoms with Crippen LogP contribution >= 0.6 is 11.6 Å². The lowest BCUT2D eigenvalue weighted by Crippen LogP contribution is -2.41. The number of benzene rings is 1. The second kappa shape index (κ2) is 6.15. The van der Waals surface area contributed by atoms with Crippen molar-refractivity contribution in [2.24, 2.45) is 5.92 Å². The van der Waals surface area contributed by atoms with E-state index >= 15 is 0 Å². The summed E-state index contributed by atoms with van der Waals surface area (Å²) in [4.78, 5) is 24.1. The number of hydrogen-bond donors (Lipinski definition) is 0. The van der Waals surface area contributed by atoms with Crippen LogP contribution in [-0.2, 0) is 25.9 Å². The topological polar surface area (TPSA) is 43.4 Å². The standard InChI is InChI=1S/C16H16ClF3O3/c1-15(8-9(14(22)23-2)3-6-13(15)21)10-4-5-12(17)11(7-10)16(18,19)20/h4-5,7,9H,3,6,8H2,1-2H3. The summed E-state index contributed by atoms with van der Waals surface area (Å²) < 4.78 is 43.8. The van der Waals surface area contributed by atoms with Crippen molar-refractivity contribution in [1.82, 2.24) is 0 Å². The third-order valence-corrected chi connectivity index (χ3v) is 4.76. The minimum Gasteiger partial charge on any atom is -0.469 e. The van der Waals surface area contributed by atoms with E-state index in [1.807, 2.05) is 0 Å². The van der Waals surface area contributed by atoms with Crippen LogP contribution in [0, 0.1) is 5.92 Å². The predicted octanol–water partition coefficient (Wildman–Crippen LogP) is 4.16. The molecule has 0 amide bonds. The molecule has 7 heteroatoms. The van der Waals surface area contributed by atoms with Gasteiger partial charge in [0.15, 0.2) is 0 Å². The maximum absolute atomic E-state index is 13.0. The van der Waals surface area contributed by atoms with E-state index in [1.54, 1.807) is 6.92 Å². The van der Waals surface area contributed by atoms with Gasteiger partial charge in [-0.25, -0.2) is 0 Å². The van der Waals surface area contributed by atoms with Crippen molar-refractivity contribution in [3.05, 3.63) is 34.3 Å². The molecule has 23 heavy (non-hydrogen) atoms. The average Bonchev–Trinajstić information content (AvgIpc) is 2.48. The van der Waals surface area contributed by atoms with Crippen LogP contribution in [0.5, 0.6) is 0 Å². The van der Waals surface area contributed by atoms with E-state index in [2.05, 4.69) is 0 Å². The molecule has 0 N–H and O–H groups in total. The first-order valence-corrected chi connectivity index (χ1v) is 7.45. The van der Waals surface area contributed by atoms with Gasteiger partial charge in [0.25, 0.3) is 0 Å². The highest BCUT2D eigenvalue weighted by molar-refractivity contribution is 6.31. The molecule has 2 unspecified atom stereocenters. The molecule has 0 heterocycles. The van der Waals surface area contributed by atoms with Crippen LogP contribution in [-0.4, -0.2) is 18.9 Å². The van der Waals surface area contributed by atoms with Crippen LogP contribution in [0.1, 0.15) is 37.3 Å². The number of halogens is 4. The van der Waals surface area contributed by atoms with Crippen LogP contribution in [0.15, 0.2) is 18.2 Å². The zero-order chi connectivity index (χ0) is 17.4. The van der Waals surface area contributed by atoms with Gasteiger partial charge in [-0.1, -0.05) is 17.7 Å². The Bertz CT molecular complexity index is 642. The van der Waals surface area contributed by atoms with Gasteiger partial charge in [0, 0.05) is 6.42 Å². The zero-order valence-electron chi connectivity index (χ0n) is 12.7. The largest absolute Gasteiger partial charge is 0.469 e. The second-order valence-electron chi connectivity index (χ2n) is 5.91. The van der Waals surface area contributed by atoms with Crippen LogP contribution in [0.4, 0.5) is 13.2 Å². The van der Waals surface area contributed by atoms with Crippen molar-refractivity contribution in [1.29, 1.82) is 0 Å². The van der Waals surface area contributed by atoms with Gasteiger partial charge < -0.3 is 4.74 Å². The van der Waals surface area contributed by atoms with Crippen molar-refractivity contribution in [2.45, 2.75) is 37.8 Å². The van der Waals surface area contributed by atoms with Gasteiger partial charge in [-0.15, -0.1) is 0 Å². The number of carbonyl (C=O) groups excluding carboxylic acids is 2. The fraction of sp³-hybridized carbons (Fsp3) is 0.500. The molecule has 1 aromatic rings. The van der Waals surface area contributed by atoms with Gasteiger partial charge in [-0.05, 0) is 37.5 Å². The molecule has 0 aliphatic heterocycles. The highest BCUT2D eigenvalue weighted by Gasteiger charge is 2.44. The van der Waals surface area contributed by atoms with E-state index in [0.717, 1.165) is 12.1 Å². The first-order valence-electron chi connectivity index (χ1n) is 7.08. The summed E-state index contributed by atoms with van der Waals surface area (Å²) >= 11 is 5.62. The first kappa shape index (κ1) is 17.8. The third-order valence-electron chi connectivity index (χ3n) is 4.43. The summed E-state index contributed by atoms with van der Waals surface area (Å²) in [7, 11) is 1.25. The van der Waals surface area contributed by atoms with E-state index in [4.69, 9.17) is 16.3 Å². The van der Waals surface area contributed by atoms with Gasteiger partial charge in [0.05, 0.1) is 29.0 Å². The van der Waals surface area contributed by atoms with E-state index in [-0.39, 0.29) is 24.2 Å². The summed E-state index contributed by atoms with van der Waals surface area (Å²) in [5.74, 6) is -1.14. The molecule has 2 atom stereocenters. The summed E-state index contributed by atoms with van der Waals surface area (Å²) in [6.07, 6.45) is -4.01. The van der Waals surface area contributed by atoms with Crippen molar-refractivity contribution in [3.8, 4) is 0 Å². The fourth-order valence-corrected chi connectivity index (χ4v) is 3.25. The van der Waals surface area contributed by atoms with Crippen LogP contribution in [0.2, 0.25) is 5.02 Å². The van der Waals surface area contributed by atoms with E-state index in [1.165, 1.54) is 13.2 Å². The molecule has 0 radical (unpaired) electrons. The number of Topliss-reactive ketones (excluding diaryl/α,β-unsaturated/α-hetero) is 1.